The van der Waals surface area contributed by atoms with Gasteiger partial charge in [0.05, 0.1) is 6.61 Å². The largest absolute Gasteiger partial charge is 0.465 e. The predicted molar refractivity (Wildman–Crippen MR) is 88.0 cm³/mol. The fourth-order valence-corrected chi connectivity index (χ4v) is 2.88. The molecule has 0 radical (unpaired) electrons. The van der Waals surface area contributed by atoms with Gasteiger partial charge in [-0.3, -0.25) is 9.59 Å². The van der Waals surface area contributed by atoms with Gasteiger partial charge in [-0.1, -0.05) is 18.2 Å². The van der Waals surface area contributed by atoms with Crippen molar-refractivity contribution in [2.24, 2.45) is 0 Å². The number of ether oxygens (including phenoxy) is 1. The van der Waals surface area contributed by atoms with Gasteiger partial charge in [0.2, 0.25) is 5.91 Å². The first-order valence-electron chi connectivity index (χ1n) is 8.19. The molecule has 3 rings (SSSR count). The Bertz CT molecular complexity index is 703. The van der Waals surface area contributed by atoms with Crippen molar-refractivity contribution in [3.8, 4) is 0 Å². The number of H-pyrrole nitrogens is 1. The summed E-state index contributed by atoms with van der Waals surface area (Å²) >= 11 is 0. The number of hydrogen-bond acceptors (Lipinski definition) is 3. The summed E-state index contributed by atoms with van der Waals surface area (Å²) in [5, 5.41) is 1.16. The minimum atomic E-state index is -0.320. The average molecular weight is 314 g/mol. The number of para-hydroxylation sites is 1. The molecular weight excluding hydrogens is 292 g/mol. The van der Waals surface area contributed by atoms with E-state index in [2.05, 4.69) is 11.1 Å². The SMILES string of the molecule is CCOC(=O)CN(C(=O)CCc1c[nH]c2ccccc12)C1CC1. The first kappa shape index (κ1) is 15.6. The number of hydrogen-bond donors (Lipinski definition) is 1. The lowest BCUT2D eigenvalue weighted by Gasteiger charge is -2.21. The van der Waals surface area contributed by atoms with Gasteiger partial charge >= 0.3 is 5.97 Å². The van der Waals surface area contributed by atoms with E-state index in [1.54, 1.807) is 11.8 Å². The number of benzene rings is 1. The number of aromatic nitrogens is 1. The fraction of sp³-hybridized carbons (Fsp3) is 0.444. The van der Waals surface area contributed by atoms with Crippen molar-refractivity contribution < 1.29 is 14.3 Å². The zero-order valence-electron chi connectivity index (χ0n) is 13.4. The summed E-state index contributed by atoms with van der Waals surface area (Å²) in [4.78, 5) is 29.1. The van der Waals surface area contributed by atoms with Crippen LogP contribution in [0.4, 0.5) is 0 Å². The maximum atomic E-state index is 12.5. The average Bonchev–Trinajstić information content (AvgIpc) is 3.31. The van der Waals surface area contributed by atoms with Crippen LogP contribution in [0.3, 0.4) is 0 Å². The predicted octanol–water partition coefficient (Wildman–Crippen LogP) is 2.65. The van der Waals surface area contributed by atoms with Crippen LogP contribution in [0, 0.1) is 0 Å². The summed E-state index contributed by atoms with van der Waals surface area (Å²) in [7, 11) is 0. The summed E-state index contributed by atoms with van der Waals surface area (Å²) in [6.07, 6.45) is 5.02. The van der Waals surface area contributed by atoms with Gasteiger partial charge in [-0.25, -0.2) is 0 Å². The first-order valence-corrected chi connectivity index (χ1v) is 8.19. The number of nitrogens with one attached hydrogen (secondary N) is 1. The van der Waals surface area contributed by atoms with Gasteiger partial charge in [-0.15, -0.1) is 0 Å². The van der Waals surface area contributed by atoms with E-state index in [1.165, 1.54) is 0 Å². The second-order valence-corrected chi connectivity index (χ2v) is 5.92. The van der Waals surface area contributed by atoms with Crippen molar-refractivity contribution in [3.05, 3.63) is 36.0 Å². The number of rotatable bonds is 7. The Morgan fingerprint density at radius 3 is 2.83 bits per heavy atom. The Morgan fingerprint density at radius 1 is 1.30 bits per heavy atom. The van der Waals surface area contributed by atoms with Crippen LogP contribution < -0.4 is 0 Å². The molecule has 5 heteroatoms. The number of amides is 1. The van der Waals surface area contributed by atoms with Crippen LogP contribution in [-0.4, -0.2) is 41.0 Å². The summed E-state index contributed by atoms with van der Waals surface area (Å²) in [6, 6.07) is 8.29. The highest BCUT2D eigenvalue weighted by Gasteiger charge is 2.33. The smallest absolute Gasteiger partial charge is 0.325 e. The van der Waals surface area contributed by atoms with Gasteiger partial charge in [0.1, 0.15) is 6.54 Å². The molecule has 5 nitrogen and oxygen atoms in total. The normalized spacial score (nSPS) is 14.0. The molecule has 1 amide bonds. The van der Waals surface area contributed by atoms with Gasteiger partial charge in [0, 0.05) is 29.6 Å². The lowest BCUT2D eigenvalue weighted by Crippen LogP contribution is -2.38. The molecule has 0 unspecified atom stereocenters. The van der Waals surface area contributed by atoms with Gasteiger partial charge in [0.15, 0.2) is 0 Å². The Balaban J connectivity index is 1.61. The van der Waals surface area contributed by atoms with E-state index in [9.17, 15) is 9.59 Å². The molecule has 0 saturated heterocycles. The van der Waals surface area contributed by atoms with E-state index in [4.69, 9.17) is 4.74 Å². The number of carbonyl (C=O) groups excluding carboxylic acids is 2. The van der Waals surface area contributed by atoms with Crippen LogP contribution >= 0.6 is 0 Å². The van der Waals surface area contributed by atoms with Crippen molar-refractivity contribution in [2.75, 3.05) is 13.2 Å². The molecule has 1 fully saturated rings. The van der Waals surface area contributed by atoms with E-state index >= 15 is 0 Å². The van der Waals surface area contributed by atoms with Crippen molar-refractivity contribution in [1.29, 1.82) is 0 Å². The van der Waals surface area contributed by atoms with Crippen molar-refractivity contribution in [1.82, 2.24) is 9.88 Å². The summed E-state index contributed by atoms with van der Waals surface area (Å²) < 4.78 is 4.97. The van der Waals surface area contributed by atoms with Gasteiger partial charge in [0.25, 0.3) is 0 Å². The number of fused-ring (bicyclic) bond motifs is 1. The van der Waals surface area contributed by atoms with Crippen LogP contribution in [0.1, 0.15) is 31.7 Å². The first-order chi connectivity index (χ1) is 11.2. The topological polar surface area (TPSA) is 62.4 Å². The Labute approximate surface area is 135 Å². The number of aryl methyl sites for hydroxylation is 1. The number of esters is 1. The zero-order valence-corrected chi connectivity index (χ0v) is 13.4. The molecule has 0 bridgehead atoms. The van der Waals surface area contributed by atoms with E-state index in [0.717, 1.165) is 29.3 Å². The van der Waals surface area contributed by atoms with Crippen LogP contribution in [0.5, 0.6) is 0 Å². The van der Waals surface area contributed by atoms with Crippen LogP contribution in [0.25, 0.3) is 10.9 Å². The van der Waals surface area contributed by atoms with E-state index in [-0.39, 0.29) is 24.5 Å². The molecule has 0 spiro atoms. The lowest BCUT2D eigenvalue weighted by atomic mass is 10.1. The van der Waals surface area contributed by atoms with Crippen molar-refractivity contribution in [3.63, 3.8) is 0 Å². The molecule has 1 aromatic carbocycles. The minimum Gasteiger partial charge on any atom is -0.465 e. The highest BCUT2D eigenvalue weighted by atomic mass is 16.5. The number of aromatic amines is 1. The minimum absolute atomic E-state index is 0.0332. The van der Waals surface area contributed by atoms with Gasteiger partial charge < -0.3 is 14.6 Å². The molecule has 2 aromatic rings. The second-order valence-electron chi connectivity index (χ2n) is 5.92. The zero-order chi connectivity index (χ0) is 16.2. The fourth-order valence-electron chi connectivity index (χ4n) is 2.88. The third-order valence-electron chi connectivity index (χ3n) is 4.20. The molecule has 1 saturated carbocycles. The molecule has 0 aliphatic heterocycles. The molecular formula is C18H22N2O3. The quantitative estimate of drug-likeness (QED) is 0.799. The Morgan fingerprint density at radius 2 is 2.09 bits per heavy atom. The maximum Gasteiger partial charge on any atom is 0.325 e. The molecule has 1 heterocycles. The third kappa shape index (κ3) is 3.73. The summed E-state index contributed by atoms with van der Waals surface area (Å²) in [5.41, 5.74) is 2.22. The molecule has 1 aliphatic carbocycles. The Kier molecular flexibility index (Phi) is 4.65. The maximum absolute atomic E-state index is 12.5. The lowest BCUT2D eigenvalue weighted by molar-refractivity contribution is -0.149. The van der Waals surface area contributed by atoms with E-state index in [0.29, 0.717) is 19.4 Å². The molecule has 1 N–H and O–H groups in total. The van der Waals surface area contributed by atoms with Crippen LogP contribution in [0.15, 0.2) is 30.5 Å². The molecule has 1 aliphatic rings. The van der Waals surface area contributed by atoms with Crippen LogP contribution in [-0.2, 0) is 20.7 Å². The number of nitrogens with zero attached hydrogens (tertiary/aromatic N) is 1. The molecule has 1 aromatic heterocycles. The number of carbonyl (C=O) groups is 2. The second kappa shape index (κ2) is 6.86. The highest BCUT2D eigenvalue weighted by Crippen LogP contribution is 2.28. The Hall–Kier alpha value is -2.30. The van der Waals surface area contributed by atoms with Gasteiger partial charge in [-0.2, -0.15) is 0 Å². The monoisotopic (exact) mass is 314 g/mol. The third-order valence-corrected chi connectivity index (χ3v) is 4.20. The van der Waals surface area contributed by atoms with Crippen LogP contribution in [0.2, 0.25) is 0 Å². The summed E-state index contributed by atoms with van der Waals surface area (Å²) in [6.45, 7) is 2.20. The summed E-state index contributed by atoms with van der Waals surface area (Å²) in [5.74, 6) is -0.286. The highest BCUT2D eigenvalue weighted by molar-refractivity contribution is 5.85. The van der Waals surface area contributed by atoms with E-state index in [1.807, 2.05) is 24.4 Å². The molecule has 122 valence electrons. The molecule has 0 atom stereocenters. The molecule has 23 heavy (non-hydrogen) atoms. The van der Waals surface area contributed by atoms with Gasteiger partial charge in [-0.05, 0) is 37.8 Å². The van der Waals surface area contributed by atoms with Crippen molar-refractivity contribution >= 4 is 22.8 Å². The van der Waals surface area contributed by atoms with E-state index < -0.39 is 0 Å². The van der Waals surface area contributed by atoms with Crippen molar-refractivity contribution in [2.45, 2.75) is 38.6 Å². The standard InChI is InChI=1S/C18H22N2O3/c1-2-23-18(22)12-20(14-8-9-14)17(21)10-7-13-11-19-16-6-4-3-5-15(13)16/h3-6,11,14,19H,2,7-10,12H2,1H3.